The van der Waals surface area contributed by atoms with Gasteiger partial charge in [-0.25, -0.2) is 9.97 Å². The predicted octanol–water partition coefficient (Wildman–Crippen LogP) is 3.51. The number of nitro groups is 1. The van der Waals surface area contributed by atoms with Gasteiger partial charge in [0.2, 0.25) is 11.6 Å². The molecule has 1 N–H and O–H groups in total. The van der Waals surface area contributed by atoms with E-state index in [-0.39, 0.29) is 11.5 Å². The van der Waals surface area contributed by atoms with Gasteiger partial charge in [-0.1, -0.05) is 31.0 Å². The van der Waals surface area contributed by atoms with Gasteiger partial charge in [-0.3, -0.25) is 10.1 Å². The molecular weight excluding hydrogens is 294 g/mol. The van der Waals surface area contributed by atoms with Crippen LogP contribution in [-0.4, -0.2) is 28.0 Å². The first-order valence-corrected chi connectivity index (χ1v) is 7.82. The van der Waals surface area contributed by atoms with Crippen molar-refractivity contribution < 1.29 is 4.92 Å². The molecule has 0 amide bonds. The van der Waals surface area contributed by atoms with Gasteiger partial charge in [-0.2, -0.15) is 0 Å². The molecule has 0 unspecified atom stereocenters. The minimum atomic E-state index is -0.397. The summed E-state index contributed by atoms with van der Waals surface area (Å²) >= 11 is 0. The fourth-order valence-corrected chi connectivity index (χ4v) is 2.80. The number of rotatable bonds is 4. The van der Waals surface area contributed by atoms with Gasteiger partial charge in [0.1, 0.15) is 6.33 Å². The van der Waals surface area contributed by atoms with Crippen LogP contribution in [0.3, 0.4) is 0 Å². The van der Waals surface area contributed by atoms with Crippen LogP contribution in [-0.2, 0) is 0 Å². The third-order valence-corrected chi connectivity index (χ3v) is 3.93. The fraction of sp³-hybridized carbons (Fsp3) is 0.375. The Kier molecular flexibility index (Phi) is 4.65. The van der Waals surface area contributed by atoms with E-state index in [4.69, 9.17) is 0 Å². The molecule has 0 aliphatic carbocycles. The Morgan fingerprint density at radius 2 is 1.74 bits per heavy atom. The van der Waals surface area contributed by atoms with Crippen LogP contribution < -0.4 is 10.2 Å². The highest BCUT2D eigenvalue weighted by atomic mass is 16.6. The third kappa shape index (κ3) is 3.56. The van der Waals surface area contributed by atoms with E-state index in [2.05, 4.69) is 15.3 Å². The molecular formula is C16H19N5O2. The zero-order valence-electron chi connectivity index (χ0n) is 12.8. The summed E-state index contributed by atoms with van der Waals surface area (Å²) in [5.41, 5.74) is 0.703. The molecule has 1 aromatic carbocycles. The monoisotopic (exact) mass is 313 g/mol. The molecule has 0 radical (unpaired) electrons. The molecule has 0 atom stereocenters. The molecule has 23 heavy (non-hydrogen) atoms. The maximum atomic E-state index is 11.6. The third-order valence-electron chi connectivity index (χ3n) is 3.93. The van der Waals surface area contributed by atoms with Crippen molar-refractivity contribution in [3.63, 3.8) is 0 Å². The first-order chi connectivity index (χ1) is 11.3. The Balaban J connectivity index is 1.96. The molecule has 0 spiro atoms. The van der Waals surface area contributed by atoms with Crippen molar-refractivity contribution in [3.05, 3.63) is 46.8 Å². The number of hydrogen-bond donors (Lipinski definition) is 1. The van der Waals surface area contributed by atoms with Crippen molar-refractivity contribution in [3.8, 4) is 0 Å². The van der Waals surface area contributed by atoms with E-state index in [0.717, 1.165) is 44.5 Å². The second kappa shape index (κ2) is 7.04. The standard InChI is InChI=1S/C16H19N5O2/c22-21(23)14-15(19-13-8-4-3-5-9-13)17-12-18-16(14)20-10-6-1-2-7-11-20/h3-5,8-9,12H,1-2,6-7,10-11H2,(H,17,18,19). The molecule has 2 aromatic rings. The maximum Gasteiger partial charge on any atom is 0.353 e. The second-order valence-electron chi connectivity index (χ2n) is 5.54. The number of anilines is 3. The summed E-state index contributed by atoms with van der Waals surface area (Å²) < 4.78 is 0. The minimum Gasteiger partial charge on any atom is -0.351 e. The summed E-state index contributed by atoms with van der Waals surface area (Å²) in [6, 6.07) is 9.31. The van der Waals surface area contributed by atoms with Gasteiger partial charge < -0.3 is 10.2 Å². The summed E-state index contributed by atoms with van der Waals surface area (Å²) in [7, 11) is 0. The summed E-state index contributed by atoms with van der Waals surface area (Å²) in [6.45, 7) is 1.59. The highest BCUT2D eigenvalue weighted by molar-refractivity contribution is 5.74. The molecule has 7 heteroatoms. The zero-order chi connectivity index (χ0) is 16.1. The predicted molar refractivity (Wildman–Crippen MR) is 89.1 cm³/mol. The molecule has 0 saturated carbocycles. The number of nitrogens with one attached hydrogen (secondary N) is 1. The Bertz CT molecular complexity index is 669. The van der Waals surface area contributed by atoms with Crippen molar-refractivity contribution in [2.45, 2.75) is 25.7 Å². The first kappa shape index (κ1) is 15.2. The van der Waals surface area contributed by atoms with Crippen LogP contribution in [0.25, 0.3) is 0 Å². The average Bonchev–Trinajstić information content (AvgIpc) is 2.84. The van der Waals surface area contributed by atoms with E-state index < -0.39 is 4.92 Å². The van der Waals surface area contributed by atoms with Crippen molar-refractivity contribution in [2.24, 2.45) is 0 Å². The Labute approximate surface area is 134 Å². The van der Waals surface area contributed by atoms with Crippen molar-refractivity contribution in [1.29, 1.82) is 0 Å². The SMILES string of the molecule is O=[N+]([O-])c1c(Nc2ccccc2)ncnc1N1CCCCCC1. The molecule has 2 heterocycles. The summed E-state index contributed by atoms with van der Waals surface area (Å²) in [5, 5.41) is 14.6. The molecule has 1 aliphatic rings. The lowest BCUT2D eigenvalue weighted by molar-refractivity contribution is -0.383. The Morgan fingerprint density at radius 3 is 2.39 bits per heavy atom. The lowest BCUT2D eigenvalue weighted by Crippen LogP contribution is -2.26. The number of aromatic nitrogens is 2. The van der Waals surface area contributed by atoms with E-state index in [9.17, 15) is 10.1 Å². The molecule has 1 saturated heterocycles. The van der Waals surface area contributed by atoms with Crippen molar-refractivity contribution >= 4 is 23.0 Å². The maximum absolute atomic E-state index is 11.6. The Morgan fingerprint density at radius 1 is 1.04 bits per heavy atom. The van der Waals surface area contributed by atoms with Gasteiger partial charge in [0.25, 0.3) is 0 Å². The van der Waals surface area contributed by atoms with Gasteiger partial charge in [0.05, 0.1) is 4.92 Å². The van der Waals surface area contributed by atoms with Gasteiger partial charge >= 0.3 is 5.69 Å². The summed E-state index contributed by atoms with van der Waals surface area (Å²) in [5.74, 6) is 0.640. The number of para-hydroxylation sites is 1. The first-order valence-electron chi connectivity index (χ1n) is 7.82. The second-order valence-corrected chi connectivity index (χ2v) is 5.54. The van der Waals surface area contributed by atoms with Crippen LogP contribution in [0.5, 0.6) is 0 Å². The molecule has 1 aliphatic heterocycles. The van der Waals surface area contributed by atoms with Gasteiger partial charge in [-0.05, 0) is 25.0 Å². The number of nitrogens with zero attached hydrogens (tertiary/aromatic N) is 4. The normalized spacial score (nSPS) is 15.0. The van der Waals surface area contributed by atoms with Crippen LogP contribution in [0.2, 0.25) is 0 Å². The van der Waals surface area contributed by atoms with Crippen molar-refractivity contribution in [1.82, 2.24) is 9.97 Å². The van der Waals surface area contributed by atoms with Crippen LogP contribution in [0, 0.1) is 10.1 Å². The zero-order valence-corrected chi connectivity index (χ0v) is 12.8. The molecule has 7 nitrogen and oxygen atoms in total. The smallest absolute Gasteiger partial charge is 0.351 e. The van der Waals surface area contributed by atoms with E-state index in [1.165, 1.54) is 6.33 Å². The topological polar surface area (TPSA) is 84.2 Å². The van der Waals surface area contributed by atoms with Crippen LogP contribution in [0.4, 0.5) is 23.0 Å². The minimum absolute atomic E-state index is 0.0572. The summed E-state index contributed by atoms with van der Waals surface area (Å²) in [6.07, 6.45) is 5.76. The number of benzene rings is 1. The van der Waals surface area contributed by atoms with E-state index in [1.54, 1.807) is 0 Å². The Hall–Kier alpha value is -2.70. The summed E-state index contributed by atoms with van der Waals surface area (Å²) in [4.78, 5) is 21.5. The highest BCUT2D eigenvalue weighted by Crippen LogP contribution is 2.34. The van der Waals surface area contributed by atoms with E-state index in [1.807, 2.05) is 35.2 Å². The van der Waals surface area contributed by atoms with E-state index in [0.29, 0.717) is 5.82 Å². The molecule has 1 fully saturated rings. The molecule has 120 valence electrons. The van der Waals surface area contributed by atoms with Crippen LogP contribution >= 0.6 is 0 Å². The number of hydrogen-bond acceptors (Lipinski definition) is 6. The molecule has 3 rings (SSSR count). The highest BCUT2D eigenvalue weighted by Gasteiger charge is 2.27. The van der Waals surface area contributed by atoms with Gasteiger partial charge in [0.15, 0.2) is 0 Å². The lowest BCUT2D eigenvalue weighted by atomic mass is 10.2. The molecule has 1 aromatic heterocycles. The van der Waals surface area contributed by atoms with Crippen LogP contribution in [0.1, 0.15) is 25.7 Å². The largest absolute Gasteiger partial charge is 0.353 e. The van der Waals surface area contributed by atoms with Crippen molar-refractivity contribution in [2.75, 3.05) is 23.3 Å². The van der Waals surface area contributed by atoms with Gasteiger partial charge in [-0.15, -0.1) is 0 Å². The average molecular weight is 313 g/mol. The fourth-order valence-electron chi connectivity index (χ4n) is 2.80. The molecule has 0 bridgehead atoms. The van der Waals surface area contributed by atoms with Crippen LogP contribution in [0.15, 0.2) is 36.7 Å². The quantitative estimate of drug-likeness (QED) is 0.687. The lowest BCUT2D eigenvalue weighted by Gasteiger charge is -2.21. The van der Waals surface area contributed by atoms with Gasteiger partial charge in [0, 0.05) is 18.8 Å². The van der Waals surface area contributed by atoms with E-state index >= 15 is 0 Å².